The normalized spacial score (nSPS) is 14.8. The highest BCUT2D eigenvalue weighted by Crippen LogP contribution is 2.33. The Hall–Kier alpha value is -3.13. The summed E-state index contributed by atoms with van der Waals surface area (Å²) >= 11 is 0. The largest absolute Gasteiger partial charge is 0.416 e. The van der Waals surface area contributed by atoms with Gasteiger partial charge < -0.3 is 15.5 Å². The van der Waals surface area contributed by atoms with Gasteiger partial charge in [0.2, 0.25) is 0 Å². The number of piperazine rings is 1. The number of pyridine rings is 1. The predicted octanol–water partition coefficient (Wildman–Crippen LogP) is 4.04. The van der Waals surface area contributed by atoms with Crippen molar-refractivity contribution in [2.24, 2.45) is 0 Å². The monoisotopic (exact) mass is 400 g/mol. The lowest BCUT2D eigenvalue weighted by Crippen LogP contribution is -2.46. The van der Waals surface area contributed by atoms with Crippen LogP contribution in [-0.4, -0.2) is 42.0 Å². The smallest absolute Gasteiger partial charge is 0.354 e. The number of amides is 1. The fourth-order valence-electron chi connectivity index (χ4n) is 3.40. The molecule has 0 aliphatic carbocycles. The zero-order chi connectivity index (χ0) is 20.4. The number of hydrogen-bond acceptors (Lipinski definition) is 4. The van der Waals surface area contributed by atoms with Gasteiger partial charge in [-0.05, 0) is 30.3 Å². The molecule has 1 amide bonds. The molecule has 2 heterocycles. The summed E-state index contributed by atoms with van der Waals surface area (Å²) in [5, 5.41) is 6.97. The molecule has 0 unspecified atom stereocenters. The number of nitrogens with zero attached hydrogens (tertiary/aromatic N) is 2. The highest BCUT2D eigenvalue weighted by Gasteiger charge is 2.30. The minimum absolute atomic E-state index is 0.0766. The average molecular weight is 400 g/mol. The van der Waals surface area contributed by atoms with Crippen LogP contribution in [-0.2, 0) is 6.18 Å². The van der Waals surface area contributed by atoms with Gasteiger partial charge in [0, 0.05) is 43.4 Å². The molecule has 150 valence electrons. The lowest BCUT2D eigenvalue weighted by molar-refractivity contribution is -0.137. The van der Waals surface area contributed by atoms with Crippen LogP contribution in [0.1, 0.15) is 15.9 Å². The van der Waals surface area contributed by atoms with Crippen molar-refractivity contribution in [1.82, 2.24) is 15.2 Å². The third kappa shape index (κ3) is 4.02. The first-order valence-corrected chi connectivity index (χ1v) is 9.25. The highest BCUT2D eigenvalue weighted by molar-refractivity contribution is 6.02. The van der Waals surface area contributed by atoms with Crippen molar-refractivity contribution in [1.29, 1.82) is 0 Å². The van der Waals surface area contributed by atoms with Crippen LogP contribution < -0.4 is 10.6 Å². The Morgan fingerprint density at radius 1 is 1.03 bits per heavy atom. The number of anilines is 2. The van der Waals surface area contributed by atoms with Gasteiger partial charge in [-0.25, -0.2) is 0 Å². The molecule has 29 heavy (non-hydrogen) atoms. The molecule has 1 aromatic heterocycles. The van der Waals surface area contributed by atoms with Crippen molar-refractivity contribution in [3.8, 4) is 0 Å². The molecule has 3 aromatic rings. The summed E-state index contributed by atoms with van der Waals surface area (Å²) in [6, 6.07) is 12.3. The molecule has 0 atom stereocenters. The lowest BCUT2D eigenvalue weighted by atomic mass is 10.1. The maximum absolute atomic E-state index is 13.0. The summed E-state index contributed by atoms with van der Waals surface area (Å²) in [5.74, 6) is -0.0766. The molecule has 1 saturated heterocycles. The molecular weight excluding hydrogens is 381 g/mol. The number of fused-ring (bicyclic) bond motifs is 1. The van der Waals surface area contributed by atoms with Crippen LogP contribution in [0.4, 0.5) is 24.5 Å². The molecule has 1 aliphatic heterocycles. The van der Waals surface area contributed by atoms with Gasteiger partial charge in [0.15, 0.2) is 0 Å². The van der Waals surface area contributed by atoms with E-state index in [2.05, 4.69) is 15.6 Å². The Balaban J connectivity index is 1.68. The summed E-state index contributed by atoms with van der Waals surface area (Å²) in [5.41, 5.74) is 1.19. The van der Waals surface area contributed by atoms with Crippen LogP contribution in [0, 0.1) is 0 Å². The summed E-state index contributed by atoms with van der Waals surface area (Å²) in [6.07, 6.45) is -2.98. The van der Waals surface area contributed by atoms with Gasteiger partial charge in [0.25, 0.3) is 5.91 Å². The fraction of sp³-hybridized carbons (Fsp3) is 0.238. The lowest BCUT2D eigenvalue weighted by Gasteiger charge is -2.28. The Labute approximate surface area is 165 Å². The first kappa shape index (κ1) is 19.2. The van der Waals surface area contributed by atoms with Crippen LogP contribution in [0.25, 0.3) is 10.9 Å². The molecule has 1 fully saturated rings. The van der Waals surface area contributed by atoms with Gasteiger partial charge in [0.1, 0.15) is 0 Å². The van der Waals surface area contributed by atoms with Crippen molar-refractivity contribution in [2.45, 2.75) is 6.18 Å². The third-order valence-corrected chi connectivity index (χ3v) is 4.90. The summed E-state index contributed by atoms with van der Waals surface area (Å²) in [6.45, 7) is 2.76. The molecule has 2 aromatic carbocycles. The van der Waals surface area contributed by atoms with Gasteiger partial charge >= 0.3 is 6.18 Å². The summed E-state index contributed by atoms with van der Waals surface area (Å²) in [4.78, 5) is 18.8. The van der Waals surface area contributed by atoms with E-state index in [0.29, 0.717) is 35.4 Å². The average Bonchev–Trinajstić information content (AvgIpc) is 2.73. The highest BCUT2D eigenvalue weighted by atomic mass is 19.4. The number of para-hydroxylation sites is 1. The molecule has 0 saturated carbocycles. The molecule has 5 nitrogen and oxygen atoms in total. The molecule has 0 bridgehead atoms. The zero-order valence-electron chi connectivity index (χ0n) is 15.5. The van der Waals surface area contributed by atoms with Gasteiger partial charge in [-0.2, -0.15) is 13.2 Å². The molecule has 2 N–H and O–H groups in total. The second-order valence-corrected chi connectivity index (χ2v) is 6.80. The number of carbonyl (C=O) groups excluding carboxylic acids is 1. The van der Waals surface area contributed by atoms with E-state index in [-0.39, 0.29) is 11.4 Å². The molecule has 0 spiro atoms. The van der Waals surface area contributed by atoms with E-state index in [1.165, 1.54) is 12.3 Å². The van der Waals surface area contributed by atoms with Gasteiger partial charge in [0.05, 0.1) is 22.3 Å². The van der Waals surface area contributed by atoms with Gasteiger partial charge in [-0.1, -0.05) is 18.2 Å². The van der Waals surface area contributed by atoms with Crippen molar-refractivity contribution in [3.05, 3.63) is 65.9 Å². The fourth-order valence-corrected chi connectivity index (χ4v) is 3.40. The van der Waals surface area contributed by atoms with Crippen LogP contribution >= 0.6 is 0 Å². The van der Waals surface area contributed by atoms with E-state index < -0.39 is 11.7 Å². The number of benzene rings is 2. The number of halogens is 3. The van der Waals surface area contributed by atoms with Gasteiger partial charge in [-0.15, -0.1) is 0 Å². The standard InChI is InChI=1S/C21H19F3N4O/c22-21(23,24)14-5-6-15-18(7-8-26-19(15)13-14)27-17-4-2-1-3-16(17)20(29)28-11-9-25-10-12-28/h1-8,13,25H,9-12H2,(H,26,27). The van der Waals surface area contributed by atoms with Crippen LogP contribution in [0.15, 0.2) is 54.7 Å². The van der Waals surface area contributed by atoms with Gasteiger partial charge in [-0.3, -0.25) is 9.78 Å². The summed E-state index contributed by atoms with van der Waals surface area (Å²) < 4.78 is 39.0. The Morgan fingerprint density at radius 2 is 1.79 bits per heavy atom. The van der Waals surface area contributed by atoms with E-state index in [1.54, 1.807) is 29.2 Å². The number of alkyl halides is 3. The first-order chi connectivity index (χ1) is 13.9. The van der Waals surface area contributed by atoms with E-state index in [4.69, 9.17) is 0 Å². The second-order valence-electron chi connectivity index (χ2n) is 6.80. The topological polar surface area (TPSA) is 57.3 Å². The minimum atomic E-state index is -4.43. The Kier molecular flexibility index (Phi) is 5.10. The van der Waals surface area contributed by atoms with Crippen molar-refractivity contribution in [3.63, 3.8) is 0 Å². The molecular formula is C21H19F3N4O. The predicted molar refractivity (Wildman–Crippen MR) is 105 cm³/mol. The number of carbonyl (C=O) groups is 1. The second kappa shape index (κ2) is 7.71. The number of hydrogen-bond donors (Lipinski definition) is 2. The zero-order valence-corrected chi connectivity index (χ0v) is 15.5. The van der Waals surface area contributed by atoms with Crippen LogP contribution in [0.5, 0.6) is 0 Å². The van der Waals surface area contributed by atoms with Crippen LogP contribution in [0.2, 0.25) is 0 Å². The quantitative estimate of drug-likeness (QED) is 0.697. The molecule has 4 rings (SSSR count). The number of rotatable bonds is 3. The van der Waals surface area contributed by atoms with Crippen molar-refractivity contribution in [2.75, 3.05) is 31.5 Å². The number of nitrogens with one attached hydrogen (secondary N) is 2. The minimum Gasteiger partial charge on any atom is -0.354 e. The summed E-state index contributed by atoms with van der Waals surface area (Å²) in [7, 11) is 0. The maximum atomic E-state index is 13.0. The van der Waals surface area contributed by atoms with E-state index in [9.17, 15) is 18.0 Å². The number of aromatic nitrogens is 1. The van der Waals surface area contributed by atoms with E-state index in [1.807, 2.05) is 6.07 Å². The van der Waals surface area contributed by atoms with E-state index in [0.717, 1.165) is 25.2 Å². The maximum Gasteiger partial charge on any atom is 0.416 e. The van der Waals surface area contributed by atoms with Crippen molar-refractivity contribution >= 4 is 28.2 Å². The van der Waals surface area contributed by atoms with E-state index >= 15 is 0 Å². The third-order valence-electron chi connectivity index (χ3n) is 4.90. The Bertz CT molecular complexity index is 1050. The molecule has 0 radical (unpaired) electrons. The molecule has 8 heteroatoms. The van der Waals surface area contributed by atoms with Crippen LogP contribution in [0.3, 0.4) is 0 Å². The Morgan fingerprint density at radius 3 is 2.55 bits per heavy atom. The SMILES string of the molecule is O=C(c1ccccc1Nc1ccnc2cc(C(F)(F)F)ccc12)N1CCNCC1. The molecule has 1 aliphatic rings. The van der Waals surface area contributed by atoms with Crippen molar-refractivity contribution < 1.29 is 18.0 Å². The first-order valence-electron chi connectivity index (χ1n) is 9.25.